The van der Waals surface area contributed by atoms with Gasteiger partial charge in [-0.3, -0.25) is 19.1 Å². The minimum absolute atomic E-state index is 0.296. The molecule has 3 heterocycles. The lowest BCUT2D eigenvalue weighted by atomic mass is 9.96. The first-order chi connectivity index (χ1) is 9.40. The average molecular weight is 281 g/mol. The van der Waals surface area contributed by atoms with Crippen molar-refractivity contribution < 1.29 is 14.6 Å². The molecule has 1 amide bonds. The van der Waals surface area contributed by atoms with Gasteiger partial charge in [0.1, 0.15) is 12.1 Å². The predicted molar refractivity (Wildman–Crippen MR) is 67.1 cm³/mol. The number of ether oxygens (including phenoxy) is 1. The van der Waals surface area contributed by atoms with Crippen molar-refractivity contribution in [3.05, 3.63) is 32.6 Å². The molecule has 1 aromatic rings. The molecule has 2 bridgehead atoms. The predicted octanol–water partition coefficient (Wildman–Crippen LogP) is -1.62. The third-order valence-corrected chi connectivity index (χ3v) is 4.08. The molecule has 0 saturated carbocycles. The lowest BCUT2D eigenvalue weighted by Crippen LogP contribution is -2.50. The fraction of sp³-hybridized carbons (Fsp3) is 0.583. The van der Waals surface area contributed by atoms with Gasteiger partial charge in [0.25, 0.3) is 11.5 Å². The van der Waals surface area contributed by atoms with E-state index in [4.69, 9.17) is 4.74 Å². The summed E-state index contributed by atoms with van der Waals surface area (Å²) in [6.07, 6.45) is -0.186. The Labute approximate surface area is 113 Å². The van der Waals surface area contributed by atoms with E-state index < -0.39 is 35.2 Å². The molecule has 8 nitrogen and oxygen atoms in total. The number of rotatable bonds is 2. The number of hydrogen-bond donors (Lipinski definition) is 3. The van der Waals surface area contributed by atoms with Gasteiger partial charge in [-0.1, -0.05) is 6.92 Å². The number of fused-ring (bicyclic) bond motifs is 2. The average Bonchev–Trinajstić information content (AvgIpc) is 2.81. The molecular formula is C12H15N3O5. The zero-order chi connectivity index (χ0) is 14.7. The standard InChI is InChI=1S/C12H15N3O5/c1-3-12-7(16)6(13-10(12)18)9(20-12)15-4-5(2)8(17)14-11(15)19/h4,6-7,9,16H,3H2,1-2H3,(H,13,18)(H,14,17,19)/t6-,7?,9+,12+/m0/s1. The number of aryl methyl sites for hydroxylation is 1. The van der Waals surface area contributed by atoms with Crippen LogP contribution in [0.5, 0.6) is 0 Å². The molecule has 4 atom stereocenters. The Bertz CT molecular complexity index is 693. The molecule has 2 aliphatic heterocycles. The second kappa shape index (κ2) is 4.03. The summed E-state index contributed by atoms with van der Waals surface area (Å²) >= 11 is 0. The second-order valence-corrected chi connectivity index (χ2v) is 5.17. The highest BCUT2D eigenvalue weighted by atomic mass is 16.6. The van der Waals surface area contributed by atoms with E-state index in [-0.39, 0.29) is 5.91 Å². The lowest BCUT2D eigenvalue weighted by molar-refractivity contribution is -0.162. The number of nitrogens with one attached hydrogen (secondary N) is 2. The zero-order valence-corrected chi connectivity index (χ0v) is 11.0. The number of amides is 1. The summed E-state index contributed by atoms with van der Waals surface area (Å²) < 4.78 is 6.86. The number of nitrogens with zero attached hydrogens (tertiary/aromatic N) is 1. The van der Waals surface area contributed by atoms with Crippen LogP contribution in [0.2, 0.25) is 0 Å². The van der Waals surface area contributed by atoms with Crippen LogP contribution in [-0.2, 0) is 9.53 Å². The number of aliphatic hydroxyl groups excluding tert-OH is 1. The van der Waals surface area contributed by atoms with E-state index >= 15 is 0 Å². The molecule has 0 spiro atoms. The molecule has 1 aromatic heterocycles. The first-order valence-electron chi connectivity index (χ1n) is 6.39. The molecule has 3 N–H and O–H groups in total. The zero-order valence-electron chi connectivity index (χ0n) is 11.0. The smallest absolute Gasteiger partial charge is 0.330 e. The molecule has 8 heteroatoms. The number of aromatic amines is 1. The number of morpholine rings is 1. The SMILES string of the molecule is CC[C@]12O[C@@H](n3cc(C)c(=O)[nH]c3=O)[C@@H](NC1=O)C2O. The summed E-state index contributed by atoms with van der Waals surface area (Å²) in [7, 11) is 0. The topological polar surface area (TPSA) is 113 Å². The first-order valence-corrected chi connectivity index (χ1v) is 6.39. The number of H-pyrrole nitrogens is 1. The minimum atomic E-state index is -1.32. The highest BCUT2D eigenvalue weighted by Crippen LogP contribution is 2.43. The van der Waals surface area contributed by atoms with Crippen molar-refractivity contribution in [2.45, 2.75) is 44.2 Å². The molecular weight excluding hydrogens is 266 g/mol. The highest BCUT2D eigenvalue weighted by molar-refractivity contribution is 5.90. The van der Waals surface area contributed by atoms with Gasteiger partial charge in [0.2, 0.25) is 0 Å². The minimum Gasteiger partial charge on any atom is -0.387 e. The number of hydrogen-bond acceptors (Lipinski definition) is 5. The largest absolute Gasteiger partial charge is 0.387 e. The maximum absolute atomic E-state index is 11.9. The van der Waals surface area contributed by atoms with E-state index in [0.717, 1.165) is 0 Å². The summed E-state index contributed by atoms with van der Waals surface area (Å²) in [6, 6.07) is -0.703. The van der Waals surface area contributed by atoms with Crippen molar-refractivity contribution in [3.63, 3.8) is 0 Å². The highest BCUT2D eigenvalue weighted by Gasteiger charge is 2.65. The fourth-order valence-electron chi connectivity index (χ4n) is 2.87. The van der Waals surface area contributed by atoms with Crippen molar-refractivity contribution >= 4 is 5.91 Å². The third kappa shape index (κ3) is 1.46. The Morgan fingerprint density at radius 3 is 2.75 bits per heavy atom. The molecule has 108 valence electrons. The van der Waals surface area contributed by atoms with Gasteiger partial charge >= 0.3 is 5.69 Å². The Morgan fingerprint density at radius 1 is 1.45 bits per heavy atom. The van der Waals surface area contributed by atoms with Gasteiger partial charge in [-0.05, 0) is 13.3 Å². The molecule has 2 fully saturated rings. The van der Waals surface area contributed by atoms with Crippen LogP contribution in [0.3, 0.4) is 0 Å². The summed E-state index contributed by atoms with van der Waals surface area (Å²) in [5.41, 5.74) is -2.07. The Hall–Kier alpha value is -1.93. The van der Waals surface area contributed by atoms with Gasteiger partial charge in [-0.15, -0.1) is 0 Å². The quantitative estimate of drug-likeness (QED) is 0.603. The molecule has 3 rings (SSSR count). The number of aliphatic hydroxyl groups is 1. The lowest BCUT2D eigenvalue weighted by Gasteiger charge is -2.29. The molecule has 0 aromatic carbocycles. The van der Waals surface area contributed by atoms with Gasteiger partial charge < -0.3 is 15.2 Å². The molecule has 0 aliphatic carbocycles. The van der Waals surface area contributed by atoms with Crippen LogP contribution in [0, 0.1) is 6.92 Å². The van der Waals surface area contributed by atoms with E-state index in [1.165, 1.54) is 10.8 Å². The van der Waals surface area contributed by atoms with Crippen LogP contribution in [0.4, 0.5) is 0 Å². The molecule has 20 heavy (non-hydrogen) atoms. The van der Waals surface area contributed by atoms with E-state index in [9.17, 15) is 19.5 Å². The normalized spacial score (nSPS) is 35.4. The van der Waals surface area contributed by atoms with Crippen molar-refractivity contribution in [1.82, 2.24) is 14.9 Å². The van der Waals surface area contributed by atoms with Gasteiger partial charge in [0, 0.05) is 11.8 Å². The monoisotopic (exact) mass is 281 g/mol. The third-order valence-electron chi connectivity index (χ3n) is 4.08. The second-order valence-electron chi connectivity index (χ2n) is 5.17. The number of carbonyl (C=O) groups excluding carboxylic acids is 1. The fourth-order valence-corrected chi connectivity index (χ4v) is 2.87. The van der Waals surface area contributed by atoms with Crippen molar-refractivity contribution in [2.24, 2.45) is 0 Å². The van der Waals surface area contributed by atoms with E-state index in [1.54, 1.807) is 13.8 Å². The maximum Gasteiger partial charge on any atom is 0.330 e. The van der Waals surface area contributed by atoms with Gasteiger partial charge in [-0.2, -0.15) is 0 Å². The molecule has 0 radical (unpaired) electrons. The maximum atomic E-state index is 11.9. The van der Waals surface area contributed by atoms with Crippen LogP contribution in [0.1, 0.15) is 25.1 Å². The van der Waals surface area contributed by atoms with Crippen LogP contribution in [0.25, 0.3) is 0 Å². The van der Waals surface area contributed by atoms with Crippen molar-refractivity contribution in [1.29, 1.82) is 0 Å². The van der Waals surface area contributed by atoms with E-state index in [0.29, 0.717) is 12.0 Å². The summed E-state index contributed by atoms with van der Waals surface area (Å²) in [5, 5.41) is 12.8. The summed E-state index contributed by atoms with van der Waals surface area (Å²) in [5.74, 6) is -0.372. The van der Waals surface area contributed by atoms with Gasteiger partial charge in [0.05, 0.1) is 0 Å². The molecule has 2 aliphatic rings. The summed E-state index contributed by atoms with van der Waals surface area (Å²) in [6.45, 7) is 3.29. The van der Waals surface area contributed by atoms with E-state index in [1.807, 2.05) is 0 Å². The van der Waals surface area contributed by atoms with Crippen molar-refractivity contribution in [2.75, 3.05) is 0 Å². The van der Waals surface area contributed by atoms with Crippen LogP contribution >= 0.6 is 0 Å². The summed E-state index contributed by atoms with van der Waals surface area (Å²) in [4.78, 5) is 37.3. The van der Waals surface area contributed by atoms with E-state index in [2.05, 4.69) is 10.3 Å². The van der Waals surface area contributed by atoms with Gasteiger partial charge in [-0.25, -0.2) is 4.79 Å². The first kappa shape index (κ1) is 13.1. The van der Waals surface area contributed by atoms with Crippen LogP contribution in [0.15, 0.2) is 15.8 Å². The molecule has 2 saturated heterocycles. The number of carbonyl (C=O) groups is 1. The Morgan fingerprint density at radius 2 is 2.15 bits per heavy atom. The van der Waals surface area contributed by atoms with Crippen LogP contribution in [-0.4, -0.2) is 38.3 Å². The van der Waals surface area contributed by atoms with Crippen LogP contribution < -0.4 is 16.6 Å². The van der Waals surface area contributed by atoms with Gasteiger partial charge in [0.15, 0.2) is 11.8 Å². The van der Waals surface area contributed by atoms with Crippen molar-refractivity contribution in [3.8, 4) is 0 Å². The Balaban J connectivity index is 2.07. The molecule has 1 unspecified atom stereocenters. The number of aromatic nitrogens is 2. The Kier molecular flexibility index (Phi) is 2.63.